The highest BCUT2D eigenvalue weighted by molar-refractivity contribution is 5.79. The predicted octanol–water partition coefficient (Wildman–Crippen LogP) is -0.177. The van der Waals surface area contributed by atoms with Crippen molar-refractivity contribution in [2.45, 2.75) is 26.1 Å². The molecule has 1 atom stereocenters. The van der Waals surface area contributed by atoms with E-state index in [1.807, 2.05) is 37.3 Å². The monoisotopic (exact) mass is 387 g/mol. The summed E-state index contributed by atoms with van der Waals surface area (Å²) in [6, 6.07) is 14.6. The highest BCUT2D eigenvalue weighted by atomic mass is 19.1. The van der Waals surface area contributed by atoms with Crippen molar-refractivity contribution < 1.29 is 23.7 Å². The minimum Gasteiger partial charge on any atom is -0.496 e. The van der Waals surface area contributed by atoms with E-state index in [-0.39, 0.29) is 17.8 Å². The molecule has 1 amide bonds. The zero-order chi connectivity index (χ0) is 19.9. The van der Waals surface area contributed by atoms with Crippen molar-refractivity contribution >= 4 is 5.91 Å². The van der Waals surface area contributed by atoms with Crippen LogP contribution in [0, 0.1) is 5.82 Å². The summed E-state index contributed by atoms with van der Waals surface area (Å²) < 4.78 is 18.9. The summed E-state index contributed by atoms with van der Waals surface area (Å²) in [7, 11) is 1.61. The normalized spacial score (nSPS) is 20.4. The number of hydrogen-bond donors (Lipinski definition) is 3. The summed E-state index contributed by atoms with van der Waals surface area (Å²) in [5, 5.41) is 3.04. The van der Waals surface area contributed by atoms with Crippen LogP contribution in [-0.2, 0) is 17.9 Å². The average Bonchev–Trinajstić information content (AvgIpc) is 2.73. The van der Waals surface area contributed by atoms with Crippen molar-refractivity contribution in [1.29, 1.82) is 0 Å². The van der Waals surface area contributed by atoms with Crippen LogP contribution < -0.4 is 19.9 Å². The largest absolute Gasteiger partial charge is 0.496 e. The Kier molecular flexibility index (Phi) is 7.01. The molecule has 0 aliphatic carbocycles. The molecule has 0 saturated carbocycles. The SMILES string of the molecule is COc1ccc(F)cc1C[NH+]1CC[NH+]([C@@H](C)C(=O)NCc2ccccc2)CC1. The Balaban J connectivity index is 1.48. The van der Waals surface area contributed by atoms with Crippen LogP contribution >= 0.6 is 0 Å². The van der Waals surface area contributed by atoms with Crippen LogP contribution in [0.1, 0.15) is 18.1 Å². The molecule has 0 radical (unpaired) electrons. The van der Waals surface area contributed by atoms with Gasteiger partial charge in [-0.3, -0.25) is 4.79 Å². The summed E-state index contributed by atoms with van der Waals surface area (Å²) in [6.45, 7) is 7.05. The maximum absolute atomic E-state index is 13.6. The summed E-state index contributed by atoms with van der Waals surface area (Å²) in [4.78, 5) is 15.2. The third-order valence-electron chi connectivity index (χ3n) is 5.60. The van der Waals surface area contributed by atoms with Gasteiger partial charge in [-0.2, -0.15) is 0 Å². The second-order valence-electron chi connectivity index (χ2n) is 7.47. The topological polar surface area (TPSA) is 47.2 Å². The summed E-state index contributed by atoms with van der Waals surface area (Å²) in [6.07, 6.45) is 0. The highest BCUT2D eigenvalue weighted by Gasteiger charge is 2.31. The van der Waals surface area contributed by atoms with Gasteiger partial charge in [0.1, 0.15) is 44.3 Å². The van der Waals surface area contributed by atoms with Gasteiger partial charge in [0, 0.05) is 6.54 Å². The first-order chi connectivity index (χ1) is 13.6. The van der Waals surface area contributed by atoms with Gasteiger partial charge >= 0.3 is 0 Å². The number of amides is 1. The van der Waals surface area contributed by atoms with Gasteiger partial charge in [-0.25, -0.2) is 4.39 Å². The number of quaternary nitrogens is 2. The van der Waals surface area contributed by atoms with E-state index in [9.17, 15) is 9.18 Å². The van der Waals surface area contributed by atoms with E-state index in [1.165, 1.54) is 15.9 Å². The van der Waals surface area contributed by atoms with Gasteiger partial charge in [0.05, 0.1) is 12.7 Å². The number of benzene rings is 2. The fourth-order valence-electron chi connectivity index (χ4n) is 3.81. The number of ether oxygens (including phenoxy) is 1. The molecule has 150 valence electrons. The Hall–Kier alpha value is -2.44. The lowest BCUT2D eigenvalue weighted by Gasteiger charge is -2.32. The van der Waals surface area contributed by atoms with Crippen molar-refractivity contribution in [3.05, 3.63) is 65.5 Å². The molecule has 28 heavy (non-hydrogen) atoms. The minimum atomic E-state index is -0.233. The fraction of sp³-hybridized carbons (Fsp3) is 0.409. The molecular formula is C22H30FN3O2+2. The van der Waals surface area contributed by atoms with Crippen molar-refractivity contribution in [2.75, 3.05) is 33.3 Å². The molecule has 0 spiro atoms. The van der Waals surface area contributed by atoms with E-state index in [0.29, 0.717) is 6.54 Å². The van der Waals surface area contributed by atoms with E-state index in [4.69, 9.17) is 4.74 Å². The first kappa shape index (κ1) is 20.3. The van der Waals surface area contributed by atoms with Crippen molar-refractivity contribution in [1.82, 2.24) is 5.32 Å². The Bertz CT molecular complexity index is 777. The number of hydrogen-bond acceptors (Lipinski definition) is 2. The Morgan fingerprint density at radius 1 is 1.14 bits per heavy atom. The van der Waals surface area contributed by atoms with E-state index >= 15 is 0 Å². The number of carbonyl (C=O) groups is 1. The first-order valence-electron chi connectivity index (χ1n) is 9.89. The van der Waals surface area contributed by atoms with Gasteiger partial charge in [0.25, 0.3) is 5.91 Å². The molecule has 5 nitrogen and oxygen atoms in total. The van der Waals surface area contributed by atoms with Gasteiger partial charge in [0.2, 0.25) is 0 Å². The maximum atomic E-state index is 13.6. The van der Waals surface area contributed by atoms with Crippen molar-refractivity contribution in [2.24, 2.45) is 0 Å². The van der Waals surface area contributed by atoms with Crippen molar-refractivity contribution in [3.8, 4) is 5.75 Å². The van der Waals surface area contributed by atoms with Crippen LogP contribution in [0.5, 0.6) is 5.75 Å². The van der Waals surface area contributed by atoms with Crippen LogP contribution in [0.25, 0.3) is 0 Å². The molecule has 2 aromatic carbocycles. The minimum absolute atomic E-state index is 0.0750. The van der Waals surface area contributed by atoms with E-state index < -0.39 is 0 Å². The lowest BCUT2D eigenvalue weighted by molar-refractivity contribution is -1.02. The molecule has 1 saturated heterocycles. The standard InChI is InChI=1S/C22H28FN3O2/c1-17(22(27)24-15-18-6-4-3-5-7-18)26-12-10-25(11-13-26)16-19-14-20(23)8-9-21(19)28-2/h3-9,14,17H,10-13,15-16H2,1-2H3,(H,24,27)/p+2/t17-/m0/s1. The van der Waals surface area contributed by atoms with E-state index in [0.717, 1.165) is 49.6 Å². The number of halogens is 1. The summed E-state index contributed by atoms with van der Waals surface area (Å²) in [5.74, 6) is 0.592. The lowest BCUT2D eigenvalue weighted by atomic mass is 10.1. The molecule has 1 aliphatic rings. The number of nitrogens with one attached hydrogen (secondary N) is 3. The zero-order valence-electron chi connectivity index (χ0n) is 16.6. The fourth-order valence-corrected chi connectivity index (χ4v) is 3.81. The molecule has 2 aromatic rings. The molecule has 3 rings (SSSR count). The second kappa shape index (κ2) is 9.66. The molecule has 1 aliphatic heterocycles. The van der Waals surface area contributed by atoms with Gasteiger partial charge in [-0.1, -0.05) is 30.3 Å². The van der Waals surface area contributed by atoms with Crippen LogP contribution in [0.2, 0.25) is 0 Å². The quantitative estimate of drug-likeness (QED) is 0.618. The smallest absolute Gasteiger partial charge is 0.278 e. The van der Waals surface area contributed by atoms with Crippen molar-refractivity contribution in [3.63, 3.8) is 0 Å². The molecule has 1 fully saturated rings. The van der Waals surface area contributed by atoms with Gasteiger partial charge in [-0.15, -0.1) is 0 Å². The number of rotatable bonds is 7. The molecule has 0 aromatic heterocycles. The predicted molar refractivity (Wildman–Crippen MR) is 106 cm³/mol. The third-order valence-corrected chi connectivity index (χ3v) is 5.60. The van der Waals surface area contributed by atoms with Gasteiger partial charge in [0.15, 0.2) is 6.04 Å². The molecule has 0 unspecified atom stereocenters. The van der Waals surface area contributed by atoms with Crippen LogP contribution in [-0.4, -0.2) is 45.2 Å². The lowest BCUT2D eigenvalue weighted by Crippen LogP contribution is -3.29. The molecular weight excluding hydrogens is 357 g/mol. The second-order valence-corrected chi connectivity index (χ2v) is 7.47. The van der Waals surface area contributed by atoms with Crippen LogP contribution in [0.15, 0.2) is 48.5 Å². The number of piperazine rings is 1. The highest BCUT2D eigenvalue weighted by Crippen LogP contribution is 2.18. The van der Waals surface area contributed by atoms with E-state index in [1.54, 1.807) is 19.2 Å². The van der Waals surface area contributed by atoms with E-state index in [2.05, 4.69) is 5.32 Å². The maximum Gasteiger partial charge on any atom is 0.278 e. The Labute approximate surface area is 166 Å². The number of methoxy groups -OCH3 is 1. The molecule has 0 bridgehead atoms. The average molecular weight is 387 g/mol. The Morgan fingerprint density at radius 2 is 1.86 bits per heavy atom. The van der Waals surface area contributed by atoms with Crippen LogP contribution in [0.3, 0.4) is 0 Å². The first-order valence-corrected chi connectivity index (χ1v) is 9.89. The molecule has 1 heterocycles. The van der Waals surface area contributed by atoms with Gasteiger partial charge in [-0.05, 0) is 30.7 Å². The summed E-state index contributed by atoms with van der Waals surface area (Å²) >= 11 is 0. The zero-order valence-corrected chi connectivity index (χ0v) is 16.6. The summed E-state index contributed by atoms with van der Waals surface area (Å²) in [5.41, 5.74) is 2.01. The molecule has 6 heteroatoms. The Morgan fingerprint density at radius 3 is 2.54 bits per heavy atom. The number of carbonyl (C=O) groups excluding carboxylic acids is 1. The van der Waals surface area contributed by atoms with Gasteiger partial charge < -0.3 is 19.9 Å². The molecule has 3 N–H and O–H groups in total. The third kappa shape index (κ3) is 5.30. The van der Waals surface area contributed by atoms with Crippen LogP contribution in [0.4, 0.5) is 4.39 Å².